The maximum absolute atomic E-state index is 12.4. The van der Waals surface area contributed by atoms with Crippen LogP contribution in [0.25, 0.3) is 10.9 Å². The number of urea groups is 1. The summed E-state index contributed by atoms with van der Waals surface area (Å²) in [5, 5.41) is 6.71. The minimum atomic E-state index is -3.19. The van der Waals surface area contributed by atoms with E-state index in [1.807, 2.05) is 35.9 Å². The summed E-state index contributed by atoms with van der Waals surface area (Å²) < 4.78 is 27.7. The van der Waals surface area contributed by atoms with Crippen LogP contribution in [-0.2, 0) is 21.4 Å². The summed E-state index contributed by atoms with van der Waals surface area (Å²) in [6.07, 6.45) is 3.65. The van der Waals surface area contributed by atoms with Crippen molar-refractivity contribution in [2.75, 3.05) is 38.3 Å². The SMILES string of the molecule is CCCS(=O)(=O)N1CCC(NC(=O)Nc2ccc3c(ccn3CC(=O)N(C)C)c2)CC1. The first kappa shape index (κ1) is 23.1. The van der Waals surface area contributed by atoms with E-state index < -0.39 is 10.0 Å². The predicted octanol–water partition coefficient (Wildman–Crippen LogP) is 2.06. The van der Waals surface area contributed by atoms with Gasteiger partial charge < -0.3 is 20.1 Å². The summed E-state index contributed by atoms with van der Waals surface area (Å²) in [5.41, 5.74) is 1.58. The van der Waals surface area contributed by atoms with Gasteiger partial charge in [-0.1, -0.05) is 6.92 Å². The number of sulfonamides is 1. The highest BCUT2D eigenvalue weighted by Crippen LogP contribution is 2.21. The maximum Gasteiger partial charge on any atom is 0.319 e. The van der Waals surface area contributed by atoms with Crippen molar-refractivity contribution >= 4 is 38.6 Å². The number of fused-ring (bicyclic) bond motifs is 1. The fourth-order valence-corrected chi connectivity index (χ4v) is 5.26. The molecule has 170 valence electrons. The molecule has 0 saturated carbocycles. The summed E-state index contributed by atoms with van der Waals surface area (Å²) in [5.74, 6) is 0.173. The van der Waals surface area contributed by atoms with E-state index in [2.05, 4.69) is 10.6 Å². The Balaban J connectivity index is 1.55. The molecule has 0 atom stereocenters. The molecule has 2 aromatic rings. The molecule has 9 nitrogen and oxygen atoms in total. The van der Waals surface area contributed by atoms with Gasteiger partial charge in [0.1, 0.15) is 6.54 Å². The monoisotopic (exact) mass is 449 g/mol. The molecule has 2 N–H and O–H groups in total. The van der Waals surface area contributed by atoms with E-state index in [4.69, 9.17) is 0 Å². The van der Waals surface area contributed by atoms with Gasteiger partial charge in [0.2, 0.25) is 15.9 Å². The molecule has 0 spiro atoms. The summed E-state index contributed by atoms with van der Waals surface area (Å²) in [6, 6.07) is 7.09. The lowest BCUT2D eigenvalue weighted by atomic mass is 10.1. The molecule has 31 heavy (non-hydrogen) atoms. The van der Waals surface area contributed by atoms with Crippen LogP contribution in [0, 0.1) is 0 Å². The van der Waals surface area contributed by atoms with Crippen LogP contribution in [-0.4, -0.2) is 73.1 Å². The van der Waals surface area contributed by atoms with Crippen LogP contribution in [0.15, 0.2) is 30.5 Å². The first-order valence-electron chi connectivity index (χ1n) is 10.5. The molecule has 3 rings (SSSR count). The van der Waals surface area contributed by atoms with E-state index in [1.165, 1.54) is 4.31 Å². The van der Waals surface area contributed by atoms with Crippen LogP contribution in [0.2, 0.25) is 0 Å². The molecule has 1 fully saturated rings. The third kappa shape index (κ3) is 5.76. The number of piperidine rings is 1. The Kier molecular flexibility index (Phi) is 7.22. The second kappa shape index (κ2) is 9.69. The number of likely N-dealkylation sites (N-methyl/N-ethyl adjacent to an activating group) is 1. The van der Waals surface area contributed by atoms with Gasteiger partial charge in [0.15, 0.2) is 0 Å². The Hall–Kier alpha value is -2.59. The summed E-state index contributed by atoms with van der Waals surface area (Å²) >= 11 is 0. The number of benzene rings is 1. The molecule has 0 unspecified atom stereocenters. The molecule has 3 amide bonds. The van der Waals surface area contributed by atoms with Crippen molar-refractivity contribution in [1.82, 2.24) is 19.1 Å². The highest BCUT2D eigenvalue weighted by atomic mass is 32.2. The molecule has 0 radical (unpaired) electrons. The first-order valence-corrected chi connectivity index (χ1v) is 12.1. The van der Waals surface area contributed by atoms with E-state index in [0.717, 1.165) is 10.9 Å². The highest BCUT2D eigenvalue weighted by Gasteiger charge is 2.28. The molecule has 1 aliphatic heterocycles. The quantitative estimate of drug-likeness (QED) is 0.675. The largest absolute Gasteiger partial charge is 0.347 e. The second-order valence-electron chi connectivity index (χ2n) is 8.09. The smallest absolute Gasteiger partial charge is 0.319 e. The molecule has 1 aromatic carbocycles. The average molecular weight is 450 g/mol. The lowest BCUT2D eigenvalue weighted by molar-refractivity contribution is -0.129. The van der Waals surface area contributed by atoms with Crippen molar-refractivity contribution in [3.8, 4) is 0 Å². The number of anilines is 1. The number of aromatic nitrogens is 1. The predicted molar refractivity (Wildman–Crippen MR) is 121 cm³/mol. The van der Waals surface area contributed by atoms with Crippen molar-refractivity contribution in [1.29, 1.82) is 0 Å². The molecule has 2 heterocycles. The minimum Gasteiger partial charge on any atom is -0.347 e. The molecular formula is C21H31N5O4S. The summed E-state index contributed by atoms with van der Waals surface area (Å²) in [7, 11) is 0.264. The van der Waals surface area contributed by atoms with Crippen molar-refractivity contribution in [3.63, 3.8) is 0 Å². The van der Waals surface area contributed by atoms with Gasteiger partial charge in [-0.25, -0.2) is 17.5 Å². The average Bonchev–Trinajstić information content (AvgIpc) is 3.10. The number of amides is 3. The van der Waals surface area contributed by atoms with Crippen molar-refractivity contribution < 1.29 is 18.0 Å². The number of carbonyl (C=O) groups is 2. The number of hydrogen-bond acceptors (Lipinski definition) is 4. The highest BCUT2D eigenvalue weighted by molar-refractivity contribution is 7.89. The van der Waals surface area contributed by atoms with Crippen LogP contribution < -0.4 is 10.6 Å². The van der Waals surface area contributed by atoms with Gasteiger partial charge in [-0.15, -0.1) is 0 Å². The number of carbonyl (C=O) groups excluding carboxylic acids is 2. The van der Waals surface area contributed by atoms with Gasteiger partial charge in [0.05, 0.1) is 5.75 Å². The number of hydrogen-bond donors (Lipinski definition) is 2. The Labute approximate surface area is 183 Å². The molecule has 0 bridgehead atoms. The Bertz CT molecular complexity index is 1040. The van der Waals surface area contributed by atoms with E-state index in [-0.39, 0.29) is 30.3 Å². The number of rotatable bonds is 7. The molecular weight excluding hydrogens is 418 g/mol. The Morgan fingerprint density at radius 1 is 1.16 bits per heavy atom. The van der Waals surface area contributed by atoms with E-state index in [9.17, 15) is 18.0 Å². The van der Waals surface area contributed by atoms with Gasteiger partial charge >= 0.3 is 6.03 Å². The number of nitrogens with one attached hydrogen (secondary N) is 2. The maximum atomic E-state index is 12.4. The van der Waals surface area contributed by atoms with Crippen LogP contribution in [0.1, 0.15) is 26.2 Å². The van der Waals surface area contributed by atoms with Crippen LogP contribution in [0.5, 0.6) is 0 Å². The molecule has 1 aliphatic rings. The molecule has 1 aromatic heterocycles. The van der Waals surface area contributed by atoms with Gasteiger partial charge in [0, 0.05) is 56.0 Å². The lowest BCUT2D eigenvalue weighted by Crippen LogP contribution is -2.47. The zero-order valence-corrected chi connectivity index (χ0v) is 19.1. The van der Waals surface area contributed by atoms with Crippen LogP contribution in [0.4, 0.5) is 10.5 Å². The van der Waals surface area contributed by atoms with Crippen LogP contribution in [0.3, 0.4) is 0 Å². The summed E-state index contributed by atoms with van der Waals surface area (Å²) in [4.78, 5) is 25.9. The van der Waals surface area contributed by atoms with Gasteiger partial charge in [0.25, 0.3) is 0 Å². The van der Waals surface area contributed by atoms with E-state index in [1.54, 1.807) is 25.1 Å². The topological polar surface area (TPSA) is 104 Å². The summed E-state index contributed by atoms with van der Waals surface area (Å²) in [6.45, 7) is 2.97. The lowest BCUT2D eigenvalue weighted by Gasteiger charge is -2.31. The fraction of sp³-hybridized carbons (Fsp3) is 0.524. The normalized spacial score (nSPS) is 15.7. The molecule has 0 aliphatic carbocycles. The zero-order chi connectivity index (χ0) is 22.6. The second-order valence-corrected chi connectivity index (χ2v) is 10.2. The third-order valence-electron chi connectivity index (χ3n) is 5.48. The van der Waals surface area contributed by atoms with Crippen molar-refractivity contribution in [3.05, 3.63) is 30.5 Å². The van der Waals surface area contributed by atoms with E-state index in [0.29, 0.717) is 38.0 Å². The van der Waals surface area contributed by atoms with Crippen LogP contribution >= 0.6 is 0 Å². The molecule has 10 heteroatoms. The molecule has 1 saturated heterocycles. The minimum absolute atomic E-state index is 0.00706. The van der Waals surface area contributed by atoms with Gasteiger partial charge in [-0.05, 0) is 43.5 Å². The van der Waals surface area contributed by atoms with Crippen molar-refractivity contribution in [2.45, 2.75) is 38.8 Å². The van der Waals surface area contributed by atoms with Gasteiger partial charge in [-0.2, -0.15) is 0 Å². The fourth-order valence-electron chi connectivity index (χ4n) is 3.72. The number of nitrogens with zero attached hydrogens (tertiary/aromatic N) is 3. The standard InChI is InChI=1S/C21H31N5O4S/c1-4-13-31(29,30)26-11-8-17(9-12-26)22-21(28)23-18-5-6-19-16(14-18)7-10-25(19)15-20(27)24(2)3/h5-7,10,14,17H,4,8-9,11-13,15H2,1-3H3,(H2,22,23,28). The Morgan fingerprint density at radius 3 is 2.52 bits per heavy atom. The first-order chi connectivity index (χ1) is 14.7. The Morgan fingerprint density at radius 2 is 1.87 bits per heavy atom. The zero-order valence-electron chi connectivity index (χ0n) is 18.3. The van der Waals surface area contributed by atoms with Gasteiger partial charge in [-0.3, -0.25) is 4.79 Å². The third-order valence-corrected chi connectivity index (χ3v) is 7.55. The van der Waals surface area contributed by atoms with E-state index >= 15 is 0 Å². The van der Waals surface area contributed by atoms with Crippen molar-refractivity contribution in [2.24, 2.45) is 0 Å².